The second-order valence-electron chi connectivity index (χ2n) is 3.24. The smallest absolute Gasteiger partial charge is 0.318 e. The van der Waals surface area contributed by atoms with E-state index in [9.17, 15) is 4.79 Å². The van der Waals surface area contributed by atoms with Gasteiger partial charge in [0.2, 0.25) is 0 Å². The van der Waals surface area contributed by atoms with Crippen molar-refractivity contribution in [2.45, 2.75) is 26.2 Å². The highest BCUT2D eigenvalue weighted by atomic mass is 16.7. The van der Waals surface area contributed by atoms with Gasteiger partial charge in [0.05, 0.1) is 12.1 Å². The van der Waals surface area contributed by atoms with Crippen LogP contribution >= 0.6 is 0 Å². The molecule has 0 spiro atoms. The molecule has 0 unspecified atom stereocenters. The van der Waals surface area contributed by atoms with Gasteiger partial charge in [-0.25, -0.2) is 4.79 Å². The Hall–Kier alpha value is -0.860. The van der Waals surface area contributed by atoms with Crippen LogP contribution in [0.4, 0.5) is 0 Å². The van der Waals surface area contributed by atoms with E-state index in [0.717, 1.165) is 18.6 Å². The lowest BCUT2D eigenvalue weighted by Crippen LogP contribution is -2.10. The zero-order valence-electron chi connectivity index (χ0n) is 5.89. The van der Waals surface area contributed by atoms with Crippen molar-refractivity contribution in [3.05, 3.63) is 0 Å². The van der Waals surface area contributed by atoms with Crippen LogP contribution in [0.25, 0.3) is 0 Å². The van der Waals surface area contributed by atoms with Crippen molar-refractivity contribution in [1.29, 1.82) is 0 Å². The standard InChI is InChI=1S/C7H9NO2/c1-7(2-3-7)5-4-6(9)10-8-5/h2-4H2,1H3. The van der Waals surface area contributed by atoms with E-state index in [0.29, 0.717) is 6.42 Å². The van der Waals surface area contributed by atoms with Gasteiger partial charge in [-0.2, -0.15) is 0 Å². The maximum atomic E-state index is 10.6. The molecule has 54 valence electrons. The fourth-order valence-electron chi connectivity index (χ4n) is 1.11. The Morgan fingerprint density at radius 3 is 2.70 bits per heavy atom. The van der Waals surface area contributed by atoms with Gasteiger partial charge in [-0.3, -0.25) is 0 Å². The molecule has 1 saturated carbocycles. The highest BCUT2D eigenvalue weighted by Gasteiger charge is 2.45. The second kappa shape index (κ2) is 1.59. The summed E-state index contributed by atoms with van der Waals surface area (Å²) in [6.07, 6.45) is 2.72. The molecule has 0 saturated heterocycles. The van der Waals surface area contributed by atoms with E-state index in [1.165, 1.54) is 0 Å². The van der Waals surface area contributed by atoms with E-state index in [2.05, 4.69) is 16.9 Å². The highest BCUT2D eigenvalue weighted by molar-refractivity contribution is 6.05. The molecule has 0 N–H and O–H groups in total. The minimum atomic E-state index is -0.205. The summed E-state index contributed by atoms with van der Waals surface area (Å²) in [5.41, 5.74) is 1.16. The van der Waals surface area contributed by atoms with Gasteiger partial charge in [-0.15, -0.1) is 0 Å². The van der Waals surface area contributed by atoms with Crippen molar-refractivity contribution in [3.63, 3.8) is 0 Å². The quantitative estimate of drug-likeness (QED) is 0.510. The molecule has 10 heavy (non-hydrogen) atoms. The molecule has 3 nitrogen and oxygen atoms in total. The van der Waals surface area contributed by atoms with Gasteiger partial charge in [-0.1, -0.05) is 12.1 Å². The second-order valence-corrected chi connectivity index (χ2v) is 3.24. The number of oxime groups is 1. The molecule has 0 aromatic rings. The first-order valence-electron chi connectivity index (χ1n) is 3.48. The van der Waals surface area contributed by atoms with Gasteiger partial charge < -0.3 is 4.84 Å². The molecule has 2 aliphatic rings. The average molecular weight is 139 g/mol. The molecule has 0 aromatic heterocycles. The lowest BCUT2D eigenvalue weighted by atomic mass is 10.0. The third kappa shape index (κ3) is 0.735. The molecule has 0 amide bonds. The van der Waals surface area contributed by atoms with Gasteiger partial charge in [0, 0.05) is 5.41 Å². The summed E-state index contributed by atoms with van der Waals surface area (Å²) in [6.45, 7) is 2.12. The molecule has 0 bridgehead atoms. The monoisotopic (exact) mass is 139 g/mol. The highest BCUT2D eigenvalue weighted by Crippen LogP contribution is 2.48. The van der Waals surface area contributed by atoms with Crippen LogP contribution in [0.15, 0.2) is 5.16 Å². The van der Waals surface area contributed by atoms with Crippen LogP contribution in [0.2, 0.25) is 0 Å². The minimum absolute atomic E-state index is 0.205. The van der Waals surface area contributed by atoms with E-state index in [1.807, 2.05) is 0 Å². The normalized spacial score (nSPS) is 27.7. The zero-order valence-corrected chi connectivity index (χ0v) is 5.89. The molecule has 0 atom stereocenters. The van der Waals surface area contributed by atoms with E-state index in [1.54, 1.807) is 0 Å². The summed E-state index contributed by atoms with van der Waals surface area (Å²) in [7, 11) is 0. The van der Waals surface area contributed by atoms with E-state index < -0.39 is 0 Å². The molecular weight excluding hydrogens is 130 g/mol. The first-order chi connectivity index (χ1) is 4.71. The molecular formula is C7H9NO2. The third-order valence-corrected chi connectivity index (χ3v) is 2.27. The van der Waals surface area contributed by atoms with Gasteiger partial charge in [0.15, 0.2) is 0 Å². The summed E-state index contributed by atoms with van der Waals surface area (Å²) in [5.74, 6) is -0.205. The van der Waals surface area contributed by atoms with Crippen LogP contribution in [0.1, 0.15) is 26.2 Å². The van der Waals surface area contributed by atoms with E-state index in [-0.39, 0.29) is 11.4 Å². The van der Waals surface area contributed by atoms with Crippen molar-refractivity contribution < 1.29 is 9.63 Å². The topological polar surface area (TPSA) is 38.7 Å². The predicted octanol–water partition coefficient (Wildman–Crippen LogP) is 1.09. The maximum absolute atomic E-state index is 10.6. The van der Waals surface area contributed by atoms with Crippen LogP contribution in [-0.4, -0.2) is 11.7 Å². The molecule has 1 aliphatic carbocycles. The number of carbonyl (C=O) groups excluding carboxylic acids is 1. The molecule has 2 rings (SSSR count). The molecule has 0 aromatic carbocycles. The molecule has 1 aliphatic heterocycles. The maximum Gasteiger partial charge on any atom is 0.340 e. The fraction of sp³-hybridized carbons (Fsp3) is 0.714. The minimum Gasteiger partial charge on any atom is -0.318 e. The van der Waals surface area contributed by atoms with E-state index >= 15 is 0 Å². The Labute approximate surface area is 59.0 Å². The number of rotatable bonds is 1. The van der Waals surface area contributed by atoms with Gasteiger partial charge in [0.25, 0.3) is 0 Å². The first-order valence-corrected chi connectivity index (χ1v) is 3.48. The Morgan fingerprint density at radius 1 is 1.60 bits per heavy atom. The van der Waals surface area contributed by atoms with Crippen molar-refractivity contribution >= 4 is 11.7 Å². The summed E-state index contributed by atoms with van der Waals surface area (Å²) in [6, 6.07) is 0. The lowest BCUT2D eigenvalue weighted by molar-refractivity contribution is -0.140. The predicted molar refractivity (Wildman–Crippen MR) is 35.5 cm³/mol. The zero-order chi connectivity index (χ0) is 7.19. The van der Waals surface area contributed by atoms with Crippen molar-refractivity contribution in [3.8, 4) is 0 Å². The number of hydrogen-bond acceptors (Lipinski definition) is 3. The summed E-state index contributed by atoms with van der Waals surface area (Å²) >= 11 is 0. The molecule has 3 heteroatoms. The van der Waals surface area contributed by atoms with Gasteiger partial charge >= 0.3 is 5.97 Å². The number of nitrogens with zero attached hydrogens (tertiary/aromatic N) is 1. The Kier molecular flexibility index (Phi) is 0.938. The van der Waals surface area contributed by atoms with Crippen LogP contribution in [0.5, 0.6) is 0 Å². The number of carbonyl (C=O) groups is 1. The first kappa shape index (κ1) is 5.89. The van der Waals surface area contributed by atoms with Crippen LogP contribution in [0, 0.1) is 5.41 Å². The Bertz CT molecular complexity index is 216. The molecule has 1 fully saturated rings. The summed E-state index contributed by atoms with van der Waals surface area (Å²) < 4.78 is 0. The van der Waals surface area contributed by atoms with Gasteiger partial charge in [-0.05, 0) is 12.8 Å². The number of hydrogen-bond donors (Lipinski definition) is 0. The van der Waals surface area contributed by atoms with Gasteiger partial charge in [0.1, 0.15) is 0 Å². The van der Waals surface area contributed by atoms with Crippen molar-refractivity contribution in [2.24, 2.45) is 10.6 Å². The van der Waals surface area contributed by atoms with E-state index in [4.69, 9.17) is 0 Å². The Morgan fingerprint density at radius 2 is 2.30 bits per heavy atom. The van der Waals surface area contributed by atoms with Crippen LogP contribution in [-0.2, 0) is 9.63 Å². The Balaban J connectivity index is 2.13. The van der Waals surface area contributed by atoms with Crippen LogP contribution < -0.4 is 0 Å². The summed E-state index contributed by atoms with van der Waals surface area (Å²) in [5, 5.41) is 3.72. The van der Waals surface area contributed by atoms with Crippen LogP contribution in [0.3, 0.4) is 0 Å². The summed E-state index contributed by atoms with van der Waals surface area (Å²) in [4.78, 5) is 15.1. The third-order valence-electron chi connectivity index (χ3n) is 2.27. The molecule has 1 heterocycles. The SMILES string of the molecule is CC1(C2=NOC(=O)C2)CC1. The van der Waals surface area contributed by atoms with Crippen molar-refractivity contribution in [1.82, 2.24) is 0 Å². The lowest BCUT2D eigenvalue weighted by Gasteiger charge is -2.01. The largest absolute Gasteiger partial charge is 0.340 e. The fourth-order valence-corrected chi connectivity index (χ4v) is 1.11. The molecule has 0 radical (unpaired) electrons. The average Bonchev–Trinajstić information content (AvgIpc) is 2.45. The van der Waals surface area contributed by atoms with Crippen molar-refractivity contribution in [2.75, 3.05) is 0 Å².